The molecule has 2 rings (SSSR count). The van der Waals surface area contributed by atoms with Crippen LogP contribution in [0.3, 0.4) is 0 Å². The first-order chi connectivity index (χ1) is 6.65. The number of rotatable bonds is 0. The van der Waals surface area contributed by atoms with Gasteiger partial charge in [0.25, 0.3) is 0 Å². The molecule has 2 aliphatic rings. The summed E-state index contributed by atoms with van der Waals surface area (Å²) < 4.78 is 5.63. The van der Waals surface area contributed by atoms with Crippen molar-refractivity contribution in [1.82, 2.24) is 4.90 Å². The van der Waals surface area contributed by atoms with Crippen LogP contribution in [-0.4, -0.2) is 42.1 Å². The summed E-state index contributed by atoms with van der Waals surface area (Å²) in [6.45, 7) is 1.46. The van der Waals surface area contributed by atoms with E-state index < -0.39 is 0 Å². The summed E-state index contributed by atoms with van der Waals surface area (Å²) in [5.41, 5.74) is 10.4. The van der Waals surface area contributed by atoms with E-state index in [1.54, 1.807) is 0 Å². The van der Waals surface area contributed by atoms with Gasteiger partial charge < -0.3 is 21.1 Å². The van der Waals surface area contributed by atoms with Crippen LogP contribution >= 0.6 is 0 Å². The van der Waals surface area contributed by atoms with Gasteiger partial charge in [-0.25, -0.2) is 0 Å². The van der Waals surface area contributed by atoms with Crippen molar-refractivity contribution in [3.05, 3.63) is 0 Å². The second kappa shape index (κ2) is 3.45. The molecule has 5 N–H and O–H groups in total. The fraction of sp³-hybridized carbons (Fsp3) is 0.750. The van der Waals surface area contributed by atoms with Crippen LogP contribution in [-0.2, 0) is 4.74 Å². The summed E-state index contributed by atoms with van der Waals surface area (Å²) in [6, 6.07) is 0. The Hall–Kier alpha value is -1.30. The lowest BCUT2D eigenvalue weighted by atomic mass is 10.2. The van der Waals surface area contributed by atoms with E-state index in [2.05, 4.69) is 4.99 Å². The summed E-state index contributed by atoms with van der Waals surface area (Å²) in [5.74, 6) is 0.0824. The van der Waals surface area contributed by atoms with Crippen LogP contribution in [0.25, 0.3) is 0 Å². The first kappa shape index (κ1) is 9.26. The quantitative estimate of drug-likeness (QED) is 0.344. The third-order valence-electron chi connectivity index (χ3n) is 2.58. The molecule has 2 bridgehead atoms. The van der Waals surface area contributed by atoms with Crippen molar-refractivity contribution < 1.29 is 4.74 Å². The SMILES string of the molecule is N=C(N=C(N)N)N1CC2CCC(C1)O2. The van der Waals surface area contributed by atoms with E-state index in [4.69, 9.17) is 21.6 Å². The molecule has 0 aromatic heterocycles. The summed E-state index contributed by atoms with van der Waals surface area (Å²) in [5, 5.41) is 7.64. The normalized spacial score (nSPS) is 30.1. The van der Waals surface area contributed by atoms with Crippen molar-refractivity contribution in [3.8, 4) is 0 Å². The second-order valence-corrected chi connectivity index (χ2v) is 3.72. The monoisotopic (exact) mass is 197 g/mol. The molecule has 6 nitrogen and oxygen atoms in total. The minimum atomic E-state index is -0.0613. The minimum absolute atomic E-state index is 0.0613. The molecule has 0 aromatic carbocycles. The predicted molar refractivity (Wildman–Crippen MR) is 53.0 cm³/mol. The Bertz CT molecular complexity index is 261. The van der Waals surface area contributed by atoms with Crippen LogP contribution < -0.4 is 11.5 Å². The number of aliphatic imine (C=N–C) groups is 1. The highest BCUT2D eigenvalue weighted by Gasteiger charge is 2.34. The average Bonchev–Trinajstić information content (AvgIpc) is 2.44. The van der Waals surface area contributed by atoms with E-state index in [1.165, 1.54) is 0 Å². The Morgan fingerprint density at radius 2 is 1.86 bits per heavy atom. The minimum Gasteiger partial charge on any atom is -0.371 e. The molecule has 0 aliphatic carbocycles. The van der Waals surface area contributed by atoms with Gasteiger partial charge in [-0.3, -0.25) is 5.41 Å². The predicted octanol–water partition coefficient (Wildman–Crippen LogP) is -0.942. The number of morpholine rings is 1. The van der Waals surface area contributed by atoms with Gasteiger partial charge >= 0.3 is 0 Å². The molecule has 0 aromatic rings. The molecule has 78 valence electrons. The van der Waals surface area contributed by atoms with Crippen molar-refractivity contribution in [2.45, 2.75) is 25.0 Å². The van der Waals surface area contributed by atoms with Gasteiger partial charge in [0.1, 0.15) is 0 Å². The summed E-state index contributed by atoms with van der Waals surface area (Å²) in [7, 11) is 0. The molecule has 6 heteroatoms. The maximum Gasteiger partial charge on any atom is 0.221 e. The zero-order valence-electron chi connectivity index (χ0n) is 7.94. The van der Waals surface area contributed by atoms with Gasteiger partial charge in [-0.05, 0) is 12.8 Å². The van der Waals surface area contributed by atoms with E-state index >= 15 is 0 Å². The van der Waals surface area contributed by atoms with Crippen LogP contribution in [0.2, 0.25) is 0 Å². The molecule has 0 spiro atoms. The maximum absolute atomic E-state index is 7.64. The summed E-state index contributed by atoms with van der Waals surface area (Å²) in [4.78, 5) is 5.59. The Morgan fingerprint density at radius 1 is 1.29 bits per heavy atom. The number of likely N-dealkylation sites (tertiary alicyclic amines) is 1. The fourth-order valence-electron chi connectivity index (χ4n) is 1.98. The topological polar surface area (TPSA) is 101 Å². The smallest absolute Gasteiger partial charge is 0.221 e. The number of hydrogen-bond donors (Lipinski definition) is 3. The van der Waals surface area contributed by atoms with Crippen LogP contribution in [0.5, 0.6) is 0 Å². The van der Waals surface area contributed by atoms with Crippen molar-refractivity contribution in [2.24, 2.45) is 16.5 Å². The third kappa shape index (κ3) is 1.79. The molecule has 0 amide bonds. The lowest BCUT2D eigenvalue weighted by molar-refractivity contribution is -0.0163. The highest BCUT2D eigenvalue weighted by atomic mass is 16.5. The van der Waals surface area contributed by atoms with Crippen molar-refractivity contribution in [1.29, 1.82) is 5.41 Å². The first-order valence-corrected chi connectivity index (χ1v) is 4.74. The second-order valence-electron chi connectivity index (χ2n) is 3.72. The maximum atomic E-state index is 7.64. The molecule has 2 heterocycles. The van der Waals surface area contributed by atoms with Crippen molar-refractivity contribution in [2.75, 3.05) is 13.1 Å². The number of nitrogens with two attached hydrogens (primary N) is 2. The third-order valence-corrected chi connectivity index (χ3v) is 2.58. The molecule has 2 aliphatic heterocycles. The van der Waals surface area contributed by atoms with E-state index in [1.807, 2.05) is 4.90 Å². The van der Waals surface area contributed by atoms with Crippen LogP contribution in [0, 0.1) is 5.41 Å². The Kier molecular flexibility index (Phi) is 2.28. The standard InChI is InChI=1S/C8H15N5O/c9-7(10)12-8(11)13-3-5-1-2-6(4-13)14-5/h5-6H,1-4H2,(H5,9,10,11,12). The van der Waals surface area contributed by atoms with Gasteiger partial charge in [0, 0.05) is 13.1 Å². The van der Waals surface area contributed by atoms with Crippen molar-refractivity contribution in [3.63, 3.8) is 0 Å². The summed E-state index contributed by atoms with van der Waals surface area (Å²) in [6.07, 6.45) is 2.67. The van der Waals surface area contributed by atoms with Crippen LogP contribution in [0.1, 0.15) is 12.8 Å². The lowest BCUT2D eigenvalue weighted by Gasteiger charge is -2.32. The van der Waals surface area contributed by atoms with E-state index in [9.17, 15) is 0 Å². The zero-order valence-corrected chi connectivity index (χ0v) is 7.94. The molecule has 0 radical (unpaired) electrons. The van der Waals surface area contributed by atoms with Gasteiger partial charge in [-0.1, -0.05) is 0 Å². The first-order valence-electron chi connectivity index (χ1n) is 4.74. The number of nitrogens with one attached hydrogen (secondary N) is 1. The van der Waals surface area contributed by atoms with Gasteiger partial charge in [0.15, 0.2) is 5.96 Å². The average molecular weight is 197 g/mol. The van der Waals surface area contributed by atoms with Gasteiger partial charge in [0.2, 0.25) is 5.96 Å². The van der Waals surface area contributed by atoms with Gasteiger partial charge in [-0.2, -0.15) is 4.99 Å². The number of ether oxygens (including phenoxy) is 1. The van der Waals surface area contributed by atoms with E-state index in [0.29, 0.717) is 0 Å². The molecular weight excluding hydrogens is 182 g/mol. The molecule has 2 saturated heterocycles. The van der Waals surface area contributed by atoms with E-state index in [0.717, 1.165) is 25.9 Å². The highest BCUT2D eigenvalue weighted by Crippen LogP contribution is 2.26. The number of guanidine groups is 2. The molecule has 14 heavy (non-hydrogen) atoms. The fourth-order valence-corrected chi connectivity index (χ4v) is 1.98. The van der Waals surface area contributed by atoms with Gasteiger partial charge in [-0.15, -0.1) is 0 Å². The largest absolute Gasteiger partial charge is 0.371 e. The molecular formula is C8H15N5O. The Morgan fingerprint density at radius 3 is 2.36 bits per heavy atom. The van der Waals surface area contributed by atoms with Gasteiger partial charge in [0.05, 0.1) is 12.2 Å². The number of fused-ring (bicyclic) bond motifs is 2. The molecule has 2 fully saturated rings. The zero-order chi connectivity index (χ0) is 10.1. The lowest BCUT2D eigenvalue weighted by Crippen LogP contribution is -2.45. The Balaban J connectivity index is 1.99. The number of hydrogen-bond acceptors (Lipinski definition) is 2. The van der Waals surface area contributed by atoms with Crippen LogP contribution in [0.4, 0.5) is 0 Å². The van der Waals surface area contributed by atoms with Crippen molar-refractivity contribution >= 4 is 11.9 Å². The van der Waals surface area contributed by atoms with E-state index in [-0.39, 0.29) is 24.1 Å². The van der Waals surface area contributed by atoms with Crippen LogP contribution in [0.15, 0.2) is 4.99 Å². The molecule has 2 unspecified atom stereocenters. The Labute approximate surface area is 82.4 Å². The number of nitrogens with zero attached hydrogens (tertiary/aromatic N) is 2. The summed E-state index contributed by atoms with van der Waals surface area (Å²) >= 11 is 0. The molecule has 0 saturated carbocycles. The highest BCUT2D eigenvalue weighted by molar-refractivity contribution is 5.91. The molecule has 2 atom stereocenters.